The third-order valence-corrected chi connectivity index (χ3v) is 7.73. The number of carbonyl (C=O) groups is 2. The molecule has 0 saturated heterocycles. The summed E-state index contributed by atoms with van der Waals surface area (Å²) in [6.07, 6.45) is 0.526. The minimum Gasteiger partial charge on any atom is -0.294 e. The highest BCUT2D eigenvalue weighted by Crippen LogP contribution is 2.24. The average molecular weight is 563 g/mol. The molecule has 0 saturated carbocycles. The lowest BCUT2D eigenvalue weighted by Gasteiger charge is -2.27. The minimum absolute atomic E-state index is 0.111. The van der Waals surface area contributed by atoms with Gasteiger partial charge in [-0.1, -0.05) is 35.9 Å². The van der Waals surface area contributed by atoms with E-state index >= 15 is 0 Å². The van der Waals surface area contributed by atoms with Gasteiger partial charge in [0.15, 0.2) is 0 Å². The van der Waals surface area contributed by atoms with E-state index in [0.29, 0.717) is 53.3 Å². The van der Waals surface area contributed by atoms with E-state index in [2.05, 4.69) is 0 Å². The zero-order valence-corrected chi connectivity index (χ0v) is 22.2. The molecule has 1 aromatic heterocycles. The monoisotopic (exact) mass is 562 g/mol. The third kappa shape index (κ3) is 4.87. The Balaban J connectivity index is 1.30. The van der Waals surface area contributed by atoms with Crippen molar-refractivity contribution < 1.29 is 18.4 Å². The lowest BCUT2D eigenvalue weighted by molar-refractivity contribution is 0.0645. The molecule has 0 fully saturated rings. The van der Waals surface area contributed by atoms with Crippen molar-refractivity contribution in [2.24, 2.45) is 0 Å². The molecule has 0 unspecified atom stereocenters. The standard InChI is InChI=1S/C30H25ClF2N4O3/c31-21-7-5-19(6-8-21)17-37-30(40)26-18-34(16-20-13-22(32)15-23(33)14-20)10-9-27(26)36(37)12-11-35-28(38)24-3-1-2-4-25(24)29(35)39/h1-8,13-15H,9-12,16-18H2. The molecule has 2 aliphatic heterocycles. The number of carbonyl (C=O) groups excluding carboxylic acids is 2. The van der Waals surface area contributed by atoms with Gasteiger partial charge < -0.3 is 0 Å². The number of halogens is 3. The Morgan fingerprint density at radius 2 is 1.40 bits per heavy atom. The zero-order chi connectivity index (χ0) is 28.0. The molecule has 3 heterocycles. The first-order chi connectivity index (χ1) is 19.3. The molecular weight excluding hydrogens is 538 g/mol. The summed E-state index contributed by atoms with van der Waals surface area (Å²) in [6.45, 7) is 1.82. The summed E-state index contributed by atoms with van der Waals surface area (Å²) >= 11 is 6.05. The fourth-order valence-corrected chi connectivity index (χ4v) is 5.73. The number of hydrogen-bond donors (Lipinski definition) is 0. The molecule has 204 valence electrons. The molecule has 2 amide bonds. The summed E-state index contributed by atoms with van der Waals surface area (Å²) < 4.78 is 31.0. The van der Waals surface area contributed by atoms with Gasteiger partial charge in [0.25, 0.3) is 17.4 Å². The van der Waals surface area contributed by atoms with E-state index < -0.39 is 11.6 Å². The molecule has 0 atom stereocenters. The summed E-state index contributed by atoms with van der Waals surface area (Å²) in [7, 11) is 0. The number of imide groups is 1. The van der Waals surface area contributed by atoms with E-state index in [-0.39, 0.29) is 37.0 Å². The SMILES string of the molecule is O=C1c2ccccc2C(=O)N1CCn1c2c(c(=O)n1Cc1ccc(Cl)cc1)CN(Cc1cc(F)cc(F)c1)CC2. The first kappa shape index (κ1) is 26.2. The van der Waals surface area contributed by atoms with Gasteiger partial charge in [-0.25, -0.2) is 13.5 Å². The molecule has 0 N–H and O–H groups in total. The highest BCUT2D eigenvalue weighted by Gasteiger charge is 2.35. The van der Waals surface area contributed by atoms with Crippen LogP contribution in [0.15, 0.2) is 71.5 Å². The lowest BCUT2D eigenvalue weighted by atomic mass is 10.1. The summed E-state index contributed by atoms with van der Waals surface area (Å²) in [4.78, 5) is 42.8. The molecule has 0 aliphatic carbocycles. The van der Waals surface area contributed by atoms with Gasteiger partial charge >= 0.3 is 0 Å². The van der Waals surface area contributed by atoms with Crippen molar-refractivity contribution in [1.29, 1.82) is 0 Å². The molecule has 3 aromatic carbocycles. The van der Waals surface area contributed by atoms with E-state index in [9.17, 15) is 23.2 Å². The van der Waals surface area contributed by atoms with Gasteiger partial charge in [0.2, 0.25) is 0 Å². The molecule has 2 aliphatic rings. The van der Waals surface area contributed by atoms with Crippen LogP contribution in [0.1, 0.15) is 43.1 Å². The van der Waals surface area contributed by atoms with Crippen LogP contribution in [-0.2, 0) is 32.6 Å². The van der Waals surface area contributed by atoms with Crippen LogP contribution < -0.4 is 5.56 Å². The molecule has 0 radical (unpaired) electrons. The smallest absolute Gasteiger partial charge is 0.271 e. The van der Waals surface area contributed by atoms with E-state index in [1.54, 1.807) is 41.1 Å². The van der Waals surface area contributed by atoms with Crippen LogP contribution in [0.4, 0.5) is 8.78 Å². The number of fused-ring (bicyclic) bond motifs is 2. The van der Waals surface area contributed by atoms with Crippen LogP contribution in [-0.4, -0.2) is 44.1 Å². The number of amides is 2. The molecule has 0 bridgehead atoms. The first-order valence-corrected chi connectivity index (χ1v) is 13.3. The van der Waals surface area contributed by atoms with Crippen molar-refractivity contribution in [3.05, 3.63) is 127 Å². The van der Waals surface area contributed by atoms with Gasteiger partial charge in [-0.15, -0.1) is 0 Å². The third-order valence-electron chi connectivity index (χ3n) is 7.48. The molecule has 4 aromatic rings. The predicted molar refractivity (Wildman–Crippen MR) is 145 cm³/mol. The maximum Gasteiger partial charge on any atom is 0.271 e. The van der Waals surface area contributed by atoms with Crippen molar-refractivity contribution >= 4 is 23.4 Å². The molecular formula is C30H25ClF2N4O3. The Bertz CT molecular complexity index is 1640. The van der Waals surface area contributed by atoms with Crippen LogP contribution in [0.3, 0.4) is 0 Å². The second-order valence-corrected chi connectivity index (χ2v) is 10.5. The Hall–Kier alpha value is -4.08. The average Bonchev–Trinajstić information content (AvgIpc) is 3.33. The maximum atomic E-state index is 13.8. The van der Waals surface area contributed by atoms with E-state index in [4.69, 9.17) is 11.6 Å². The summed E-state index contributed by atoms with van der Waals surface area (Å²) in [6, 6.07) is 17.4. The zero-order valence-electron chi connectivity index (χ0n) is 21.4. The number of benzene rings is 3. The molecule has 7 nitrogen and oxygen atoms in total. The Morgan fingerprint density at radius 1 is 0.750 bits per heavy atom. The molecule has 6 rings (SSSR count). The van der Waals surface area contributed by atoms with Crippen molar-refractivity contribution in [1.82, 2.24) is 19.2 Å². The molecule has 40 heavy (non-hydrogen) atoms. The van der Waals surface area contributed by atoms with Crippen molar-refractivity contribution in [3.8, 4) is 0 Å². The van der Waals surface area contributed by atoms with Crippen LogP contribution >= 0.6 is 11.6 Å². The van der Waals surface area contributed by atoms with Gasteiger partial charge in [0.05, 0.1) is 29.8 Å². The van der Waals surface area contributed by atoms with Gasteiger partial charge in [-0.05, 0) is 47.5 Å². The number of aromatic nitrogens is 2. The van der Waals surface area contributed by atoms with E-state index in [1.165, 1.54) is 17.0 Å². The summed E-state index contributed by atoms with van der Waals surface area (Å²) in [5, 5.41) is 0.584. The van der Waals surface area contributed by atoms with Crippen LogP contribution in [0.25, 0.3) is 0 Å². The normalized spacial score (nSPS) is 15.0. The van der Waals surface area contributed by atoms with Crippen LogP contribution in [0, 0.1) is 11.6 Å². The number of rotatable bonds is 7. The topological polar surface area (TPSA) is 67.5 Å². The van der Waals surface area contributed by atoms with Crippen LogP contribution in [0.5, 0.6) is 0 Å². The van der Waals surface area contributed by atoms with Crippen LogP contribution in [0.2, 0.25) is 5.02 Å². The Morgan fingerprint density at radius 3 is 2.05 bits per heavy atom. The van der Waals surface area contributed by atoms with Gasteiger partial charge in [0.1, 0.15) is 11.6 Å². The fourth-order valence-electron chi connectivity index (χ4n) is 5.60. The molecule has 10 heteroatoms. The van der Waals surface area contributed by atoms with Gasteiger partial charge in [-0.3, -0.25) is 28.9 Å². The molecule has 0 spiro atoms. The lowest BCUT2D eigenvalue weighted by Crippen LogP contribution is -2.35. The van der Waals surface area contributed by atoms with Crippen molar-refractivity contribution in [2.75, 3.05) is 13.1 Å². The highest BCUT2D eigenvalue weighted by molar-refractivity contribution is 6.30. The largest absolute Gasteiger partial charge is 0.294 e. The van der Waals surface area contributed by atoms with E-state index in [0.717, 1.165) is 17.3 Å². The second kappa shape index (κ2) is 10.5. The predicted octanol–water partition coefficient (Wildman–Crippen LogP) is 4.48. The van der Waals surface area contributed by atoms with E-state index in [1.807, 2.05) is 21.7 Å². The summed E-state index contributed by atoms with van der Waals surface area (Å²) in [5.41, 5.74) is 3.37. The van der Waals surface area contributed by atoms with Crippen molar-refractivity contribution in [2.45, 2.75) is 32.6 Å². The Labute approximate surface area is 233 Å². The Kier molecular flexibility index (Phi) is 6.85. The second-order valence-electron chi connectivity index (χ2n) is 10.1. The fraction of sp³-hybridized carbons (Fsp3) is 0.233. The quantitative estimate of drug-likeness (QED) is 0.312. The van der Waals surface area contributed by atoms with Gasteiger partial charge in [-0.2, -0.15) is 0 Å². The first-order valence-electron chi connectivity index (χ1n) is 13.0. The van der Waals surface area contributed by atoms with Gasteiger partial charge in [0, 0.05) is 49.4 Å². The number of hydrogen-bond acceptors (Lipinski definition) is 4. The summed E-state index contributed by atoms with van der Waals surface area (Å²) in [5.74, 6) is -1.97. The number of nitrogens with zero attached hydrogens (tertiary/aromatic N) is 4. The van der Waals surface area contributed by atoms with Crippen molar-refractivity contribution in [3.63, 3.8) is 0 Å². The highest BCUT2D eigenvalue weighted by atomic mass is 35.5. The maximum absolute atomic E-state index is 13.8. The minimum atomic E-state index is -0.641.